The summed E-state index contributed by atoms with van der Waals surface area (Å²) in [5, 5.41) is 13.9. The summed E-state index contributed by atoms with van der Waals surface area (Å²) in [4.78, 5) is 14.0. The predicted molar refractivity (Wildman–Crippen MR) is 88.2 cm³/mol. The number of carbonyl (C=O) groups is 1. The number of nitrogens with zero attached hydrogens (tertiary/aromatic N) is 3. The highest BCUT2D eigenvalue weighted by molar-refractivity contribution is 6.45. The summed E-state index contributed by atoms with van der Waals surface area (Å²) in [6.07, 6.45) is 4.16. The van der Waals surface area contributed by atoms with Crippen molar-refractivity contribution in [3.05, 3.63) is 28.2 Å². The van der Waals surface area contributed by atoms with Gasteiger partial charge in [-0.1, -0.05) is 36.0 Å². The fourth-order valence-corrected chi connectivity index (χ4v) is 2.53. The molecule has 1 amide bonds. The third-order valence-corrected chi connectivity index (χ3v) is 4.16. The molecule has 0 bridgehead atoms. The molecule has 1 saturated heterocycles. The summed E-state index contributed by atoms with van der Waals surface area (Å²) < 4.78 is 0. The molecule has 2 rings (SSSR count). The van der Waals surface area contributed by atoms with E-state index in [1.807, 2.05) is 6.07 Å². The molecule has 5 nitrogen and oxygen atoms in total. The lowest BCUT2D eigenvalue weighted by Gasteiger charge is -2.18. The van der Waals surface area contributed by atoms with E-state index in [2.05, 4.69) is 10.5 Å². The van der Waals surface area contributed by atoms with Crippen LogP contribution in [0, 0.1) is 11.3 Å². The third kappa shape index (κ3) is 4.36. The molecule has 22 heavy (non-hydrogen) atoms. The van der Waals surface area contributed by atoms with Gasteiger partial charge in [0.1, 0.15) is 6.07 Å². The third-order valence-electron chi connectivity index (χ3n) is 3.42. The molecule has 1 heterocycles. The summed E-state index contributed by atoms with van der Waals surface area (Å²) >= 11 is 11.7. The lowest BCUT2D eigenvalue weighted by atomic mass is 10.2. The predicted octanol–water partition coefficient (Wildman–Crippen LogP) is 3.69. The van der Waals surface area contributed by atoms with E-state index in [1.54, 1.807) is 23.1 Å². The molecule has 0 aromatic heterocycles. The molecule has 1 N–H and O–H groups in total. The number of hydrazone groups is 1. The van der Waals surface area contributed by atoms with Gasteiger partial charge in [0.2, 0.25) is 5.71 Å². The van der Waals surface area contributed by atoms with Crippen molar-refractivity contribution in [3.8, 4) is 6.07 Å². The van der Waals surface area contributed by atoms with Gasteiger partial charge in [0, 0.05) is 13.1 Å². The number of nitrogens with one attached hydrogen (secondary N) is 1. The minimum Gasteiger partial charge on any atom is -0.337 e. The largest absolute Gasteiger partial charge is 0.337 e. The van der Waals surface area contributed by atoms with Crippen LogP contribution in [0.3, 0.4) is 0 Å². The highest BCUT2D eigenvalue weighted by Gasteiger charge is 2.20. The Morgan fingerprint density at radius 2 is 1.86 bits per heavy atom. The average Bonchev–Trinajstić information content (AvgIpc) is 2.80. The van der Waals surface area contributed by atoms with Gasteiger partial charge in [-0.15, -0.1) is 0 Å². The number of rotatable bonds is 3. The maximum Gasteiger partial charge on any atom is 0.285 e. The summed E-state index contributed by atoms with van der Waals surface area (Å²) in [5.41, 5.74) is 3.08. The molecular weight excluding hydrogens is 323 g/mol. The molecule has 1 aromatic carbocycles. The minimum absolute atomic E-state index is 0.159. The first kappa shape index (κ1) is 16.6. The van der Waals surface area contributed by atoms with Crippen LogP contribution in [-0.2, 0) is 4.79 Å². The monoisotopic (exact) mass is 338 g/mol. The van der Waals surface area contributed by atoms with Crippen molar-refractivity contribution in [1.29, 1.82) is 5.26 Å². The zero-order valence-corrected chi connectivity index (χ0v) is 13.5. The second kappa shape index (κ2) is 8.02. The van der Waals surface area contributed by atoms with Crippen LogP contribution >= 0.6 is 23.2 Å². The van der Waals surface area contributed by atoms with Crippen molar-refractivity contribution in [1.82, 2.24) is 4.90 Å². The van der Waals surface area contributed by atoms with E-state index in [0.717, 1.165) is 25.7 Å². The molecule has 1 aliphatic heterocycles. The number of carbonyl (C=O) groups excluding carboxylic acids is 1. The second-order valence-corrected chi connectivity index (χ2v) is 5.83. The molecule has 1 aliphatic rings. The van der Waals surface area contributed by atoms with Gasteiger partial charge >= 0.3 is 0 Å². The Labute approximate surface area is 139 Å². The summed E-state index contributed by atoms with van der Waals surface area (Å²) in [7, 11) is 0. The summed E-state index contributed by atoms with van der Waals surface area (Å²) in [5.74, 6) is -0.336. The quantitative estimate of drug-likeness (QED) is 0.675. The number of amides is 1. The Hall–Kier alpha value is -1.77. The van der Waals surface area contributed by atoms with E-state index in [0.29, 0.717) is 28.8 Å². The van der Waals surface area contributed by atoms with Gasteiger partial charge in [-0.2, -0.15) is 10.4 Å². The van der Waals surface area contributed by atoms with Crippen LogP contribution < -0.4 is 5.43 Å². The van der Waals surface area contributed by atoms with Crippen LogP contribution in [0.2, 0.25) is 10.0 Å². The van der Waals surface area contributed by atoms with Crippen molar-refractivity contribution in [2.45, 2.75) is 25.7 Å². The normalized spacial score (nSPS) is 15.9. The number of nitriles is 1. The Bertz CT molecular complexity index is 616. The van der Waals surface area contributed by atoms with E-state index in [1.165, 1.54) is 0 Å². The first-order chi connectivity index (χ1) is 10.6. The van der Waals surface area contributed by atoms with E-state index < -0.39 is 0 Å². The van der Waals surface area contributed by atoms with Crippen molar-refractivity contribution >= 4 is 40.5 Å². The van der Waals surface area contributed by atoms with Crippen LogP contribution in [0.1, 0.15) is 25.7 Å². The number of hydrogen-bond donors (Lipinski definition) is 1. The molecule has 0 spiro atoms. The maximum absolute atomic E-state index is 12.3. The fraction of sp³-hybridized carbons (Fsp3) is 0.400. The van der Waals surface area contributed by atoms with Gasteiger partial charge in [-0.25, -0.2) is 0 Å². The number of anilines is 1. The van der Waals surface area contributed by atoms with Crippen LogP contribution in [0.15, 0.2) is 23.3 Å². The Morgan fingerprint density at radius 3 is 2.45 bits per heavy atom. The number of likely N-dealkylation sites (tertiary alicyclic amines) is 1. The molecule has 7 heteroatoms. The highest BCUT2D eigenvalue weighted by atomic mass is 35.5. The number of hydrogen-bond acceptors (Lipinski definition) is 4. The van der Waals surface area contributed by atoms with Gasteiger partial charge < -0.3 is 4.90 Å². The van der Waals surface area contributed by atoms with Crippen LogP contribution in [0.5, 0.6) is 0 Å². The van der Waals surface area contributed by atoms with Crippen LogP contribution in [0.4, 0.5) is 5.69 Å². The Balaban J connectivity index is 2.07. The molecule has 1 aromatic rings. The van der Waals surface area contributed by atoms with Gasteiger partial charge in [0.05, 0.1) is 15.7 Å². The summed E-state index contributed by atoms with van der Waals surface area (Å²) in [6, 6.07) is 6.72. The van der Waals surface area contributed by atoms with Gasteiger partial charge in [0.25, 0.3) is 5.91 Å². The molecular formula is C15H16Cl2N4O. The van der Waals surface area contributed by atoms with Crippen molar-refractivity contribution < 1.29 is 4.79 Å². The Kier molecular flexibility index (Phi) is 6.05. The molecule has 0 radical (unpaired) electrons. The van der Waals surface area contributed by atoms with E-state index in [9.17, 15) is 4.79 Å². The maximum atomic E-state index is 12.3. The highest BCUT2D eigenvalue weighted by Crippen LogP contribution is 2.25. The first-order valence-electron chi connectivity index (χ1n) is 7.10. The van der Waals surface area contributed by atoms with Gasteiger partial charge in [-0.3, -0.25) is 10.2 Å². The SMILES string of the molecule is N#C/C(=N/Nc1ccc(Cl)c(Cl)c1)C(=O)N1CCCCCC1. The second-order valence-electron chi connectivity index (χ2n) is 5.02. The van der Waals surface area contributed by atoms with E-state index >= 15 is 0 Å². The smallest absolute Gasteiger partial charge is 0.285 e. The molecule has 1 fully saturated rings. The minimum atomic E-state index is -0.336. The molecule has 0 unspecified atom stereocenters. The average molecular weight is 339 g/mol. The van der Waals surface area contributed by atoms with E-state index in [-0.39, 0.29) is 11.6 Å². The number of benzene rings is 1. The van der Waals surface area contributed by atoms with Crippen LogP contribution in [0.25, 0.3) is 0 Å². The van der Waals surface area contributed by atoms with E-state index in [4.69, 9.17) is 28.5 Å². The van der Waals surface area contributed by atoms with Crippen molar-refractivity contribution in [2.75, 3.05) is 18.5 Å². The van der Waals surface area contributed by atoms with Gasteiger partial charge in [-0.05, 0) is 31.0 Å². The van der Waals surface area contributed by atoms with Crippen molar-refractivity contribution in [3.63, 3.8) is 0 Å². The molecule has 0 atom stereocenters. The molecule has 116 valence electrons. The van der Waals surface area contributed by atoms with Gasteiger partial charge in [0.15, 0.2) is 0 Å². The molecule has 0 saturated carbocycles. The first-order valence-corrected chi connectivity index (χ1v) is 7.85. The lowest BCUT2D eigenvalue weighted by molar-refractivity contribution is -0.123. The zero-order chi connectivity index (χ0) is 15.9. The fourth-order valence-electron chi connectivity index (χ4n) is 2.23. The standard InChI is InChI=1S/C15H16Cl2N4O/c16-12-6-5-11(9-13(12)17)19-20-14(10-18)15(22)21-7-3-1-2-4-8-21/h5-6,9,19H,1-4,7-8H2/b20-14-. The topological polar surface area (TPSA) is 68.5 Å². The lowest BCUT2D eigenvalue weighted by Crippen LogP contribution is -2.37. The van der Waals surface area contributed by atoms with Crippen LogP contribution in [-0.4, -0.2) is 29.6 Å². The Morgan fingerprint density at radius 1 is 1.18 bits per heavy atom. The molecule has 0 aliphatic carbocycles. The zero-order valence-electron chi connectivity index (χ0n) is 12.0. The van der Waals surface area contributed by atoms with Crippen molar-refractivity contribution in [2.24, 2.45) is 5.10 Å². The number of halogens is 2. The summed E-state index contributed by atoms with van der Waals surface area (Å²) in [6.45, 7) is 1.35.